The third kappa shape index (κ3) is 2.61. The molecule has 0 aromatic heterocycles. The van der Waals surface area contributed by atoms with Crippen LogP contribution in [0.1, 0.15) is 16.8 Å². The number of thiol groups is 1. The van der Waals surface area contributed by atoms with Crippen LogP contribution in [-0.2, 0) is 4.79 Å². The first-order valence-electron chi connectivity index (χ1n) is 6.77. The smallest absolute Gasteiger partial charge is 0.335 e. The summed E-state index contributed by atoms with van der Waals surface area (Å²) in [5.74, 6) is 0.187. The number of carboxylic acid groups (broad SMARTS) is 1. The Balaban J connectivity index is 1.96. The van der Waals surface area contributed by atoms with Crippen molar-refractivity contribution in [1.29, 1.82) is 0 Å². The number of hydrogen-bond donors (Lipinski definition) is 2. The lowest BCUT2D eigenvalue weighted by molar-refractivity contribution is -0.117. The molecule has 1 aliphatic heterocycles. The van der Waals surface area contributed by atoms with E-state index in [-0.39, 0.29) is 11.5 Å². The maximum absolute atomic E-state index is 12.0. The number of hydrogen-bond acceptors (Lipinski definition) is 3. The van der Waals surface area contributed by atoms with Gasteiger partial charge in [0.15, 0.2) is 0 Å². The first-order chi connectivity index (χ1) is 10.1. The lowest BCUT2D eigenvalue weighted by Crippen LogP contribution is -2.24. The molecule has 1 saturated heterocycles. The van der Waals surface area contributed by atoms with Gasteiger partial charge in [0.05, 0.1) is 5.56 Å². The highest BCUT2D eigenvalue weighted by Crippen LogP contribution is 2.29. The third-order valence-corrected chi connectivity index (χ3v) is 4.36. The van der Waals surface area contributed by atoms with Crippen molar-refractivity contribution < 1.29 is 14.7 Å². The molecule has 0 bridgehead atoms. The van der Waals surface area contributed by atoms with Crippen LogP contribution in [0.4, 0.5) is 5.69 Å². The monoisotopic (exact) mass is 301 g/mol. The molecule has 2 aromatic carbocycles. The molecule has 1 heterocycles. The Kier molecular flexibility index (Phi) is 3.59. The molecule has 5 heteroatoms. The van der Waals surface area contributed by atoms with Crippen LogP contribution in [0.25, 0.3) is 10.8 Å². The predicted octanol–water partition coefficient (Wildman–Crippen LogP) is 2.82. The number of rotatable bonds is 3. The van der Waals surface area contributed by atoms with Crippen molar-refractivity contribution >= 4 is 41.0 Å². The van der Waals surface area contributed by atoms with E-state index in [1.165, 1.54) is 0 Å². The van der Waals surface area contributed by atoms with E-state index < -0.39 is 5.97 Å². The fourth-order valence-electron chi connectivity index (χ4n) is 2.69. The molecular weight excluding hydrogens is 286 g/mol. The van der Waals surface area contributed by atoms with Gasteiger partial charge in [-0.3, -0.25) is 4.79 Å². The number of benzene rings is 2. The van der Waals surface area contributed by atoms with Gasteiger partial charge in [0, 0.05) is 18.7 Å². The highest BCUT2D eigenvalue weighted by atomic mass is 32.1. The van der Waals surface area contributed by atoms with E-state index in [2.05, 4.69) is 12.6 Å². The van der Waals surface area contributed by atoms with Gasteiger partial charge in [0.25, 0.3) is 0 Å². The summed E-state index contributed by atoms with van der Waals surface area (Å²) in [4.78, 5) is 24.8. The van der Waals surface area contributed by atoms with Crippen molar-refractivity contribution in [2.24, 2.45) is 5.92 Å². The van der Waals surface area contributed by atoms with Gasteiger partial charge in [0.2, 0.25) is 5.91 Å². The highest BCUT2D eigenvalue weighted by molar-refractivity contribution is 7.80. The lowest BCUT2D eigenvalue weighted by Gasteiger charge is -2.17. The zero-order chi connectivity index (χ0) is 15.0. The van der Waals surface area contributed by atoms with Crippen LogP contribution in [0.5, 0.6) is 0 Å². The molecule has 2 aromatic rings. The zero-order valence-electron chi connectivity index (χ0n) is 11.3. The molecule has 1 fully saturated rings. The zero-order valence-corrected chi connectivity index (χ0v) is 12.2. The molecule has 1 atom stereocenters. The second kappa shape index (κ2) is 5.41. The number of anilines is 1. The van der Waals surface area contributed by atoms with E-state index in [1.807, 2.05) is 18.2 Å². The SMILES string of the molecule is O=C(O)c1ccc2cc(N3CC(CS)CC3=O)ccc2c1. The molecule has 1 aliphatic rings. The van der Waals surface area contributed by atoms with Gasteiger partial charge >= 0.3 is 5.97 Å². The first-order valence-corrected chi connectivity index (χ1v) is 7.40. The summed E-state index contributed by atoms with van der Waals surface area (Å²) >= 11 is 4.26. The summed E-state index contributed by atoms with van der Waals surface area (Å²) in [6, 6.07) is 10.7. The number of nitrogens with zero attached hydrogens (tertiary/aromatic N) is 1. The topological polar surface area (TPSA) is 57.6 Å². The second-order valence-corrected chi connectivity index (χ2v) is 5.67. The van der Waals surface area contributed by atoms with E-state index in [4.69, 9.17) is 5.11 Å². The molecular formula is C16H15NO3S. The van der Waals surface area contributed by atoms with Crippen molar-refractivity contribution in [3.05, 3.63) is 42.0 Å². The predicted molar refractivity (Wildman–Crippen MR) is 85.2 cm³/mol. The number of fused-ring (bicyclic) bond motifs is 1. The molecule has 0 aliphatic carbocycles. The molecule has 0 saturated carbocycles. The van der Waals surface area contributed by atoms with Crippen LogP contribution in [0.2, 0.25) is 0 Å². The molecule has 108 valence electrons. The quantitative estimate of drug-likeness (QED) is 0.857. The van der Waals surface area contributed by atoms with Gasteiger partial charge in [-0.15, -0.1) is 0 Å². The third-order valence-electron chi connectivity index (χ3n) is 3.85. The minimum atomic E-state index is -0.938. The van der Waals surface area contributed by atoms with E-state index in [0.717, 1.165) is 16.5 Å². The normalized spacial score (nSPS) is 18.4. The van der Waals surface area contributed by atoms with Gasteiger partial charge < -0.3 is 10.0 Å². The van der Waals surface area contributed by atoms with Crippen LogP contribution >= 0.6 is 12.6 Å². The van der Waals surface area contributed by atoms with Gasteiger partial charge in [-0.1, -0.05) is 12.1 Å². The second-order valence-electron chi connectivity index (χ2n) is 5.31. The first kappa shape index (κ1) is 13.9. The number of aromatic carboxylic acids is 1. The van der Waals surface area contributed by atoms with Crippen LogP contribution in [0.3, 0.4) is 0 Å². The van der Waals surface area contributed by atoms with Crippen molar-refractivity contribution in [3.8, 4) is 0 Å². The average molecular weight is 301 g/mol. The Morgan fingerprint density at radius 2 is 1.95 bits per heavy atom. The Hall–Kier alpha value is -2.01. The molecule has 4 nitrogen and oxygen atoms in total. The van der Waals surface area contributed by atoms with Crippen molar-refractivity contribution in [1.82, 2.24) is 0 Å². The molecule has 1 amide bonds. The minimum absolute atomic E-state index is 0.121. The maximum Gasteiger partial charge on any atom is 0.335 e. The molecule has 0 radical (unpaired) electrons. The summed E-state index contributed by atoms with van der Waals surface area (Å²) in [5, 5.41) is 10.8. The van der Waals surface area contributed by atoms with E-state index >= 15 is 0 Å². The van der Waals surface area contributed by atoms with Crippen LogP contribution in [0.15, 0.2) is 36.4 Å². The number of amides is 1. The van der Waals surface area contributed by atoms with E-state index in [9.17, 15) is 9.59 Å². The summed E-state index contributed by atoms with van der Waals surface area (Å²) in [5.41, 5.74) is 1.13. The van der Waals surface area contributed by atoms with E-state index in [1.54, 1.807) is 23.1 Å². The van der Waals surface area contributed by atoms with E-state index in [0.29, 0.717) is 24.6 Å². The summed E-state index contributed by atoms with van der Waals surface area (Å²) in [7, 11) is 0. The van der Waals surface area contributed by atoms with Crippen molar-refractivity contribution in [3.63, 3.8) is 0 Å². The van der Waals surface area contributed by atoms with Crippen LogP contribution < -0.4 is 4.90 Å². The standard InChI is InChI=1S/C16H15NO3S/c18-15-5-10(9-21)8-17(15)14-4-3-11-6-13(16(19)20)2-1-12(11)7-14/h1-4,6-7,10,21H,5,8-9H2,(H,19,20). The molecule has 21 heavy (non-hydrogen) atoms. The molecule has 0 spiro atoms. The summed E-state index contributed by atoms with van der Waals surface area (Å²) in [6.07, 6.45) is 0.541. The number of carbonyl (C=O) groups is 2. The molecule has 3 rings (SSSR count). The Morgan fingerprint density at radius 1 is 1.24 bits per heavy atom. The maximum atomic E-state index is 12.0. The largest absolute Gasteiger partial charge is 0.478 e. The Labute approximate surface area is 127 Å². The van der Waals surface area contributed by atoms with Crippen molar-refractivity contribution in [2.45, 2.75) is 6.42 Å². The highest BCUT2D eigenvalue weighted by Gasteiger charge is 2.29. The molecule has 1 N–H and O–H groups in total. The van der Waals surface area contributed by atoms with Crippen LogP contribution in [0, 0.1) is 5.92 Å². The van der Waals surface area contributed by atoms with Gasteiger partial charge in [-0.25, -0.2) is 4.79 Å². The fourth-order valence-corrected chi connectivity index (χ4v) is 2.93. The number of carbonyl (C=O) groups excluding carboxylic acids is 1. The van der Waals surface area contributed by atoms with Crippen LogP contribution in [-0.4, -0.2) is 29.3 Å². The lowest BCUT2D eigenvalue weighted by atomic mass is 10.1. The average Bonchev–Trinajstić information content (AvgIpc) is 2.87. The van der Waals surface area contributed by atoms with Gasteiger partial charge in [-0.2, -0.15) is 12.6 Å². The summed E-state index contributed by atoms with van der Waals surface area (Å²) in [6.45, 7) is 0.695. The van der Waals surface area contributed by atoms with Gasteiger partial charge in [-0.05, 0) is 46.7 Å². The number of carboxylic acids is 1. The Morgan fingerprint density at radius 3 is 2.62 bits per heavy atom. The minimum Gasteiger partial charge on any atom is -0.478 e. The Bertz CT molecular complexity index is 729. The fraction of sp³-hybridized carbons (Fsp3) is 0.250. The van der Waals surface area contributed by atoms with Crippen molar-refractivity contribution in [2.75, 3.05) is 17.2 Å². The summed E-state index contributed by atoms with van der Waals surface area (Å²) < 4.78 is 0. The van der Waals surface area contributed by atoms with Gasteiger partial charge in [0.1, 0.15) is 0 Å². The molecule has 1 unspecified atom stereocenters.